The molecule has 0 aliphatic rings. The van der Waals surface area contributed by atoms with Gasteiger partial charge in [-0.1, -0.05) is 15.9 Å². The maximum Gasteiger partial charge on any atom is 0.223 e. The lowest BCUT2D eigenvalue weighted by Gasteiger charge is -2.10. The SMILES string of the molecule is CNCc1cc(F)cnc1Oc1cc(F)cc(Br)c1. The highest BCUT2D eigenvalue weighted by Gasteiger charge is 2.09. The van der Waals surface area contributed by atoms with Crippen LogP contribution in [0.3, 0.4) is 0 Å². The van der Waals surface area contributed by atoms with E-state index in [1.54, 1.807) is 13.1 Å². The van der Waals surface area contributed by atoms with Gasteiger partial charge in [0, 0.05) is 22.6 Å². The number of ether oxygens (including phenoxy) is 1. The van der Waals surface area contributed by atoms with Crippen molar-refractivity contribution in [1.82, 2.24) is 10.3 Å². The minimum absolute atomic E-state index is 0.244. The number of nitrogens with one attached hydrogen (secondary N) is 1. The number of hydrogen-bond acceptors (Lipinski definition) is 3. The molecule has 1 aromatic heterocycles. The summed E-state index contributed by atoms with van der Waals surface area (Å²) in [6, 6.07) is 5.49. The molecule has 0 radical (unpaired) electrons. The van der Waals surface area contributed by atoms with Gasteiger partial charge in [0.15, 0.2) is 0 Å². The van der Waals surface area contributed by atoms with Crippen LogP contribution in [0.1, 0.15) is 5.56 Å². The monoisotopic (exact) mass is 328 g/mol. The second-order valence-corrected chi connectivity index (χ2v) is 4.77. The van der Waals surface area contributed by atoms with Crippen LogP contribution in [0.2, 0.25) is 0 Å². The first-order valence-corrected chi connectivity index (χ1v) is 6.31. The summed E-state index contributed by atoms with van der Waals surface area (Å²) in [4.78, 5) is 3.88. The van der Waals surface area contributed by atoms with E-state index in [0.717, 1.165) is 6.20 Å². The Hall–Kier alpha value is -1.53. The van der Waals surface area contributed by atoms with E-state index in [4.69, 9.17) is 4.74 Å². The summed E-state index contributed by atoms with van der Waals surface area (Å²) in [5, 5.41) is 2.89. The molecule has 0 fully saturated rings. The van der Waals surface area contributed by atoms with E-state index in [2.05, 4.69) is 26.2 Å². The Morgan fingerprint density at radius 1 is 1.21 bits per heavy atom. The summed E-state index contributed by atoms with van der Waals surface area (Å²) in [7, 11) is 1.73. The van der Waals surface area contributed by atoms with Gasteiger partial charge in [-0.05, 0) is 25.2 Å². The topological polar surface area (TPSA) is 34.2 Å². The van der Waals surface area contributed by atoms with Crippen LogP contribution in [0.4, 0.5) is 8.78 Å². The lowest BCUT2D eigenvalue weighted by Crippen LogP contribution is -2.07. The van der Waals surface area contributed by atoms with E-state index >= 15 is 0 Å². The molecule has 100 valence electrons. The molecule has 0 saturated carbocycles. The highest BCUT2D eigenvalue weighted by molar-refractivity contribution is 9.10. The van der Waals surface area contributed by atoms with E-state index in [0.29, 0.717) is 22.3 Å². The Kier molecular flexibility index (Phi) is 4.44. The second kappa shape index (κ2) is 6.08. The summed E-state index contributed by atoms with van der Waals surface area (Å²) in [5.74, 6) is -0.337. The maximum atomic E-state index is 13.2. The minimum Gasteiger partial charge on any atom is -0.439 e. The van der Waals surface area contributed by atoms with Crippen molar-refractivity contribution >= 4 is 15.9 Å². The first-order valence-electron chi connectivity index (χ1n) is 5.51. The molecular weight excluding hydrogens is 318 g/mol. The lowest BCUT2D eigenvalue weighted by molar-refractivity contribution is 0.445. The van der Waals surface area contributed by atoms with Crippen LogP contribution in [0.25, 0.3) is 0 Å². The summed E-state index contributed by atoms with van der Waals surface area (Å²) in [5.41, 5.74) is 0.558. The fourth-order valence-electron chi connectivity index (χ4n) is 1.58. The smallest absolute Gasteiger partial charge is 0.223 e. The molecule has 19 heavy (non-hydrogen) atoms. The fourth-order valence-corrected chi connectivity index (χ4v) is 2.02. The zero-order valence-electron chi connectivity index (χ0n) is 10.1. The number of halogens is 3. The molecule has 0 amide bonds. The Morgan fingerprint density at radius 3 is 2.68 bits per heavy atom. The quantitative estimate of drug-likeness (QED) is 0.930. The zero-order valence-corrected chi connectivity index (χ0v) is 11.7. The highest BCUT2D eigenvalue weighted by atomic mass is 79.9. The molecule has 0 aliphatic heterocycles. The van der Waals surface area contributed by atoms with Crippen LogP contribution >= 0.6 is 15.9 Å². The molecule has 2 rings (SSSR count). The Bertz CT molecular complexity index is 573. The number of hydrogen-bond donors (Lipinski definition) is 1. The van der Waals surface area contributed by atoms with Crippen molar-refractivity contribution in [3.63, 3.8) is 0 Å². The summed E-state index contributed by atoms with van der Waals surface area (Å²) < 4.78 is 32.4. The van der Waals surface area contributed by atoms with E-state index < -0.39 is 11.6 Å². The van der Waals surface area contributed by atoms with Crippen LogP contribution in [-0.4, -0.2) is 12.0 Å². The van der Waals surface area contributed by atoms with Gasteiger partial charge in [0.25, 0.3) is 0 Å². The fraction of sp³-hybridized carbons (Fsp3) is 0.154. The standard InChI is InChI=1S/C13H11BrF2N2O/c1-17-6-8-2-11(16)7-18-13(8)19-12-4-9(14)3-10(15)5-12/h2-5,7,17H,6H2,1H3. The van der Waals surface area contributed by atoms with E-state index in [1.807, 2.05) is 0 Å². The van der Waals surface area contributed by atoms with Gasteiger partial charge in [-0.15, -0.1) is 0 Å². The summed E-state index contributed by atoms with van der Waals surface area (Å²) in [6.45, 7) is 0.399. The number of aromatic nitrogens is 1. The number of pyridine rings is 1. The highest BCUT2D eigenvalue weighted by Crippen LogP contribution is 2.27. The molecule has 3 nitrogen and oxygen atoms in total. The Morgan fingerprint density at radius 2 is 2.00 bits per heavy atom. The van der Waals surface area contributed by atoms with Gasteiger partial charge in [-0.3, -0.25) is 0 Å². The number of nitrogens with zero attached hydrogens (tertiary/aromatic N) is 1. The third-order valence-electron chi connectivity index (χ3n) is 2.31. The zero-order chi connectivity index (χ0) is 13.8. The van der Waals surface area contributed by atoms with Gasteiger partial charge in [0.2, 0.25) is 5.88 Å². The predicted octanol–water partition coefficient (Wildman–Crippen LogP) is 3.63. The second-order valence-electron chi connectivity index (χ2n) is 3.86. The maximum absolute atomic E-state index is 13.2. The van der Waals surface area contributed by atoms with Crippen molar-refractivity contribution in [1.29, 1.82) is 0 Å². The largest absolute Gasteiger partial charge is 0.439 e. The average Bonchev–Trinajstić information content (AvgIpc) is 2.32. The van der Waals surface area contributed by atoms with E-state index in [1.165, 1.54) is 18.2 Å². The minimum atomic E-state index is -0.446. The molecule has 0 saturated heterocycles. The van der Waals surface area contributed by atoms with Gasteiger partial charge in [0.05, 0.1) is 6.20 Å². The molecule has 2 aromatic rings. The third kappa shape index (κ3) is 3.71. The normalized spacial score (nSPS) is 10.5. The van der Waals surface area contributed by atoms with Gasteiger partial charge in [-0.2, -0.15) is 0 Å². The number of rotatable bonds is 4. The van der Waals surface area contributed by atoms with Crippen molar-refractivity contribution in [3.05, 3.63) is 52.1 Å². The molecular formula is C13H11BrF2N2O. The summed E-state index contributed by atoms with van der Waals surface area (Å²) in [6.07, 6.45) is 1.06. The van der Waals surface area contributed by atoms with Gasteiger partial charge in [-0.25, -0.2) is 13.8 Å². The van der Waals surface area contributed by atoms with Gasteiger partial charge in [0.1, 0.15) is 17.4 Å². The Balaban J connectivity index is 2.31. The van der Waals surface area contributed by atoms with Crippen LogP contribution in [0, 0.1) is 11.6 Å². The van der Waals surface area contributed by atoms with Gasteiger partial charge < -0.3 is 10.1 Å². The average molecular weight is 329 g/mol. The van der Waals surface area contributed by atoms with Crippen LogP contribution in [0.5, 0.6) is 11.6 Å². The van der Waals surface area contributed by atoms with Crippen molar-refractivity contribution in [2.45, 2.75) is 6.54 Å². The molecule has 6 heteroatoms. The summed E-state index contributed by atoms with van der Waals surface area (Å²) >= 11 is 3.17. The van der Waals surface area contributed by atoms with Crippen LogP contribution < -0.4 is 10.1 Å². The van der Waals surface area contributed by atoms with Gasteiger partial charge >= 0.3 is 0 Å². The van der Waals surface area contributed by atoms with Crippen molar-refractivity contribution in [3.8, 4) is 11.6 Å². The molecule has 1 N–H and O–H groups in total. The predicted molar refractivity (Wildman–Crippen MR) is 71.1 cm³/mol. The number of benzene rings is 1. The molecule has 0 bridgehead atoms. The molecule has 1 heterocycles. The van der Waals surface area contributed by atoms with Crippen molar-refractivity contribution < 1.29 is 13.5 Å². The first kappa shape index (κ1) is 13.9. The molecule has 0 aliphatic carbocycles. The van der Waals surface area contributed by atoms with E-state index in [-0.39, 0.29) is 5.88 Å². The van der Waals surface area contributed by atoms with Crippen LogP contribution in [0.15, 0.2) is 34.9 Å². The van der Waals surface area contributed by atoms with Crippen LogP contribution in [-0.2, 0) is 6.54 Å². The molecule has 0 atom stereocenters. The lowest BCUT2D eigenvalue weighted by atomic mass is 10.2. The van der Waals surface area contributed by atoms with Crippen molar-refractivity contribution in [2.75, 3.05) is 7.05 Å². The molecule has 0 unspecified atom stereocenters. The molecule has 0 spiro atoms. The third-order valence-corrected chi connectivity index (χ3v) is 2.77. The van der Waals surface area contributed by atoms with Crippen molar-refractivity contribution in [2.24, 2.45) is 0 Å². The molecule has 1 aromatic carbocycles. The Labute approximate surface area is 117 Å². The van der Waals surface area contributed by atoms with E-state index in [9.17, 15) is 8.78 Å². The first-order chi connectivity index (χ1) is 9.08.